The quantitative estimate of drug-likeness (QED) is 0.607. The van der Waals surface area contributed by atoms with Gasteiger partial charge in [0.2, 0.25) is 5.95 Å². The Morgan fingerprint density at radius 1 is 1.00 bits per heavy atom. The fourth-order valence-electron chi connectivity index (χ4n) is 2.84. The number of methoxy groups -OCH3 is 1. The maximum atomic E-state index is 11.7. The number of nitrogens with zero attached hydrogens (tertiary/aromatic N) is 2. The van der Waals surface area contributed by atoms with Crippen molar-refractivity contribution < 1.29 is 9.53 Å². The van der Waals surface area contributed by atoms with Gasteiger partial charge in [0.1, 0.15) is 5.82 Å². The van der Waals surface area contributed by atoms with Crippen LogP contribution in [-0.2, 0) is 10.2 Å². The van der Waals surface area contributed by atoms with E-state index in [9.17, 15) is 4.79 Å². The first-order valence-electron chi connectivity index (χ1n) is 9.02. The van der Waals surface area contributed by atoms with Gasteiger partial charge in [0.05, 0.1) is 12.7 Å². The highest BCUT2D eigenvalue weighted by atomic mass is 16.5. The van der Waals surface area contributed by atoms with E-state index in [1.807, 2.05) is 24.3 Å². The van der Waals surface area contributed by atoms with Crippen LogP contribution in [-0.4, -0.2) is 23.0 Å². The summed E-state index contributed by atoms with van der Waals surface area (Å²) in [6.07, 6.45) is 1.68. The summed E-state index contributed by atoms with van der Waals surface area (Å²) in [5.74, 6) is 0.728. The van der Waals surface area contributed by atoms with Crippen LogP contribution in [0, 0.1) is 0 Å². The molecule has 0 aliphatic rings. The summed E-state index contributed by atoms with van der Waals surface area (Å²) in [7, 11) is 1.36. The molecule has 0 radical (unpaired) electrons. The van der Waals surface area contributed by atoms with Crippen LogP contribution in [0.3, 0.4) is 0 Å². The molecule has 0 fully saturated rings. The highest BCUT2D eigenvalue weighted by molar-refractivity contribution is 5.90. The molecule has 0 saturated carbocycles. The number of hydrogen-bond acceptors (Lipinski definition) is 6. The van der Waals surface area contributed by atoms with Crippen molar-refractivity contribution in [1.29, 1.82) is 0 Å². The molecular weight excluding hydrogens is 352 g/mol. The fourth-order valence-corrected chi connectivity index (χ4v) is 2.84. The third-order valence-corrected chi connectivity index (χ3v) is 4.19. The number of hydrogen-bond donors (Lipinski definition) is 2. The Bertz CT molecular complexity index is 980. The van der Waals surface area contributed by atoms with Crippen LogP contribution in [0.4, 0.5) is 23.1 Å². The third kappa shape index (κ3) is 4.65. The molecular formula is C22H24N4O2. The van der Waals surface area contributed by atoms with Crippen LogP contribution in [0.5, 0.6) is 0 Å². The van der Waals surface area contributed by atoms with Gasteiger partial charge in [-0.05, 0) is 41.3 Å². The van der Waals surface area contributed by atoms with Crippen LogP contribution in [0.1, 0.15) is 36.7 Å². The van der Waals surface area contributed by atoms with E-state index in [0.29, 0.717) is 17.3 Å². The summed E-state index contributed by atoms with van der Waals surface area (Å²) in [6.45, 7) is 6.50. The number of nitrogens with one attached hydrogen (secondary N) is 2. The molecule has 0 atom stereocenters. The zero-order chi connectivity index (χ0) is 20.1. The lowest BCUT2D eigenvalue weighted by molar-refractivity contribution is 0.0601. The SMILES string of the molecule is COC(=O)c1cccc(Nc2ccnc(Nc3ccccc3C(C)(C)C)n2)c1. The average Bonchev–Trinajstić information content (AvgIpc) is 2.67. The number of benzene rings is 2. The molecule has 0 bridgehead atoms. The van der Waals surface area contributed by atoms with Gasteiger partial charge in [-0.2, -0.15) is 4.98 Å². The van der Waals surface area contributed by atoms with Crippen molar-refractivity contribution >= 4 is 29.1 Å². The van der Waals surface area contributed by atoms with Gasteiger partial charge in [0.15, 0.2) is 0 Å². The van der Waals surface area contributed by atoms with Crippen LogP contribution in [0.15, 0.2) is 60.8 Å². The molecule has 0 aliphatic carbocycles. The summed E-state index contributed by atoms with van der Waals surface area (Å²) in [6, 6.07) is 17.0. The van der Waals surface area contributed by atoms with Crippen molar-refractivity contribution in [3.8, 4) is 0 Å². The Hall–Kier alpha value is -3.41. The smallest absolute Gasteiger partial charge is 0.337 e. The molecule has 3 aromatic rings. The number of esters is 1. The number of carbonyl (C=O) groups excluding carboxylic acids is 1. The van der Waals surface area contributed by atoms with E-state index < -0.39 is 0 Å². The van der Waals surface area contributed by atoms with Crippen molar-refractivity contribution in [2.45, 2.75) is 26.2 Å². The molecule has 6 nitrogen and oxygen atoms in total. The second-order valence-electron chi connectivity index (χ2n) is 7.38. The van der Waals surface area contributed by atoms with E-state index in [-0.39, 0.29) is 11.4 Å². The third-order valence-electron chi connectivity index (χ3n) is 4.19. The maximum absolute atomic E-state index is 11.7. The van der Waals surface area contributed by atoms with Gasteiger partial charge in [-0.25, -0.2) is 9.78 Å². The van der Waals surface area contributed by atoms with Gasteiger partial charge in [0, 0.05) is 17.6 Å². The van der Waals surface area contributed by atoms with Crippen LogP contribution < -0.4 is 10.6 Å². The molecule has 28 heavy (non-hydrogen) atoms. The Morgan fingerprint density at radius 3 is 2.54 bits per heavy atom. The fraction of sp³-hybridized carbons (Fsp3) is 0.227. The summed E-state index contributed by atoms with van der Waals surface area (Å²) < 4.78 is 4.76. The lowest BCUT2D eigenvalue weighted by Crippen LogP contribution is -2.14. The van der Waals surface area contributed by atoms with E-state index in [1.54, 1.807) is 30.5 Å². The van der Waals surface area contributed by atoms with Gasteiger partial charge >= 0.3 is 5.97 Å². The number of rotatable bonds is 5. The topological polar surface area (TPSA) is 76.1 Å². The highest BCUT2D eigenvalue weighted by Crippen LogP contribution is 2.30. The lowest BCUT2D eigenvalue weighted by atomic mass is 9.86. The predicted octanol–water partition coefficient (Wildman–Crippen LogP) is 5.05. The zero-order valence-corrected chi connectivity index (χ0v) is 16.5. The molecule has 3 rings (SSSR count). The lowest BCUT2D eigenvalue weighted by Gasteiger charge is -2.23. The number of carbonyl (C=O) groups is 1. The molecule has 144 valence electrons. The van der Waals surface area contributed by atoms with E-state index in [4.69, 9.17) is 4.74 Å². The number of para-hydroxylation sites is 1. The minimum absolute atomic E-state index is 0.00617. The first kappa shape index (κ1) is 19.4. The number of ether oxygens (including phenoxy) is 1. The van der Waals surface area contributed by atoms with Crippen LogP contribution >= 0.6 is 0 Å². The molecule has 1 heterocycles. The molecule has 0 amide bonds. The zero-order valence-electron chi connectivity index (χ0n) is 16.5. The maximum Gasteiger partial charge on any atom is 0.337 e. The number of anilines is 4. The number of aromatic nitrogens is 2. The van der Waals surface area contributed by atoms with Gasteiger partial charge in [-0.3, -0.25) is 0 Å². The predicted molar refractivity (Wildman–Crippen MR) is 112 cm³/mol. The van der Waals surface area contributed by atoms with E-state index in [2.05, 4.69) is 47.4 Å². The molecule has 1 aromatic heterocycles. The van der Waals surface area contributed by atoms with Gasteiger partial charge < -0.3 is 15.4 Å². The monoisotopic (exact) mass is 376 g/mol. The molecule has 0 unspecified atom stereocenters. The van der Waals surface area contributed by atoms with Crippen molar-refractivity contribution in [3.05, 3.63) is 71.9 Å². The van der Waals surface area contributed by atoms with E-state index >= 15 is 0 Å². The molecule has 6 heteroatoms. The van der Waals surface area contributed by atoms with E-state index in [0.717, 1.165) is 11.4 Å². The molecule has 0 spiro atoms. The van der Waals surface area contributed by atoms with Gasteiger partial charge in [-0.15, -0.1) is 0 Å². The van der Waals surface area contributed by atoms with Crippen molar-refractivity contribution in [2.24, 2.45) is 0 Å². The second-order valence-corrected chi connectivity index (χ2v) is 7.38. The first-order valence-corrected chi connectivity index (χ1v) is 9.02. The summed E-state index contributed by atoms with van der Waals surface area (Å²) in [5.41, 5.74) is 3.36. The Labute approximate surface area is 165 Å². The van der Waals surface area contributed by atoms with Crippen LogP contribution in [0.25, 0.3) is 0 Å². The van der Waals surface area contributed by atoms with Crippen molar-refractivity contribution in [1.82, 2.24) is 9.97 Å². The highest BCUT2D eigenvalue weighted by Gasteiger charge is 2.18. The summed E-state index contributed by atoms with van der Waals surface area (Å²) >= 11 is 0. The van der Waals surface area contributed by atoms with E-state index in [1.165, 1.54) is 12.7 Å². The molecule has 0 aliphatic heterocycles. The minimum Gasteiger partial charge on any atom is -0.465 e. The normalized spacial score (nSPS) is 11.0. The largest absolute Gasteiger partial charge is 0.465 e. The molecule has 0 saturated heterocycles. The Kier molecular flexibility index (Phi) is 5.59. The Balaban J connectivity index is 1.82. The van der Waals surface area contributed by atoms with Crippen LogP contribution in [0.2, 0.25) is 0 Å². The second kappa shape index (κ2) is 8.08. The summed E-state index contributed by atoms with van der Waals surface area (Å²) in [5, 5.41) is 6.50. The standard InChI is InChI=1S/C22H24N4O2/c1-22(2,3)17-10-5-6-11-18(17)25-21-23-13-12-19(26-21)24-16-9-7-8-15(14-16)20(27)28-4/h5-14H,1-4H3,(H2,23,24,25,26). The molecule has 2 aromatic carbocycles. The van der Waals surface area contributed by atoms with Crippen molar-refractivity contribution in [3.63, 3.8) is 0 Å². The average molecular weight is 376 g/mol. The first-order chi connectivity index (χ1) is 13.4. The Morgan fingerprint density at radius 2 is 1.79 bits per heavy atom. The van der Waals surface area contributed by atoms with Crippen molar-refractivity contribution in [2.75, 3.05) is 17.7 Å². The molecule has 2 N–H and O–H groups in total. The summed E-state index contributed by atoms with van der Waals surface area (Å²) in [4.78, 5) is 20.6. The van der Waals surface area contributed by atoms with Gasteiger partial charge in [0.25, 0.3) is 0 Å². The van der Waals surface area contributed by atoms with Gasteiger partial charge in [-0.1, -0.05) is 45.0 Å². The minimum atomic E-state index is -0.382.